The predicted molar refractivity (Wildman–Crippen MR) is 151 cm³/mol. The van der Waals surface area contributed by atoms with Crippen molar-refractivity contribution in [3.8, 4) is 0 Å². The normalized spacial score (nSPS) is 32.7. The van der Waals surface area contributed by atoms with E-state index in [-0.39, 0.29) is 18.4 Å². The summed E-state index contributed by atoms with van der Waals surface area (Å²) in [6.07, 6.45) is 3.99. The molecule has 1 aliphatic heterocycles. The number of nitrogens with zero attached hydrogens (tertiary/aromatic N) is 1. The van der Waals surface area contributed by atoms with E-state index in [4.69, 9.17) is 5.73 Å². The van der Waals surface area contributed by atoms with E-state index in [1.807, 2.05) is 0 Å². The molecule has 216 valence electrons. The van der Waals surface area contributed by atoms with Crippen LogP contribution >= 0.6 is 0 Å². The molecule has 0 radical (unpaired) electrons. The van der Waals surface area contributed by atoms with Crippen molar-refractivity contribution in [2.45, 2.75) is 115 Å². The minimum atomic E-state index is -1.13. The van der Waals surface area contributed by atoms with Gasteiger partial charge in [0.2, 0.25) is 5.91 Å². The Kier molecular flexibility index (Phi) is 8.01. The number of fused-ring (bicyclic) bond motifs is 3. The summed E-state index contributed by atoms with van der Waals surface area (Å²) in [7, 11) is 0. The molecule has 4 aliphatic rings. The fourth-order valence-corrected chi connectivity index (χ4v) is 7.85. The quantitative estimate of drug-likeness (QED) is 0.238. The van der Waals surface area contributed by atoms with Crippen LogP contribution in [0, 0.1) is 25.7 Å². The van der Waals surface area contributed by atoms with Crippen LogP contribution in [0.1, 0.15) is 81.9 Å². The molecular formula is C31H48N4O4. The number of aliphatic hydroxyl groups excluding tert-OH is 2. The van der Waals surface area contributed by atoms with Crippen LogP contribution in [0.5, 0.6) is 0 Å². The highest BCUT2D eigenvalue weighted by molar-refractivity contribution is 5.78. The lowest BCUT2D eigenvalue weighted by Gasteiger charge is -2.55. The Labute approximate surface area is 233 Å². The van der Waals surface area contributed by atoms with E-state index in [9.17, 15) is 20.1 Å². The lowest BCUT2D eigenvalue weighted by atomic mass is 9.59. The Balaban J connectivity index is 1.47. The van der Waals surface area contributed by atoms with Crippen molar-refractivity contribution in [2.75, 3.05) is 13.1 Å². The second-order valence-electron chi connectivity index (χ2n) is 13.0. The average Bonchev–Trinajstić information content (AvgIpc) is 3.63. The minimum Gasteiger partial charge on any atom is -0.387 e. The molecular weight excluding hydrogens is 492 g/mol. The average molecular weight is 541 g/mol. The second-order valence-corrected chi connectivity index (χ2v) is 13.0. The van der Waals surface area contributed by atoms with Gasteiger partial charge in [0.05, 0.1) is 12.0 Å². The molecule has 0 aromatic heterocycles. The number of rotatable bonds is 11. The largest absolute Gasteiger partial charge is 0.387 e. The lowest BCUT2D eigenvalue weighted by Crippen LogP contribution is -2.67. The monoisotopic (exact) mass is 540 g/mol. The third-order valence-corrected chi connectivity index (χ3v) is 9.91. The number of hydrogen-bond donors (Lipinski definition) is 6. The number of carbonyl (C=O) groups excluding carboxylic acids is 1. The smallest absolute Gasteiger partial charge is 0.228 e. The molecule has 3 fully saturated rings. The molecule has 1 amide bonds. The molecule has 1 aromatic rings. The summed E-state index contributed by atoms with van der Waals surface area (Å²) in [6, 6.07) is 6.16. The van der Waals surface area contributed by atoms with Gasteiger partial charge in [-0.25, -0.2) is 0 Å². The van der Waals surface area contributed by atoms with Gasteiger partial charge in [0.15, 0.2) is 0 Å². The molecule has 0 bridgehead atoms. The fourth-order valence-electron chi connectivity index (χ4n) is 7.85. The maximum atomic E-state index is 13.2. The van der Waals surface area contributed by atoms with Gasteiger partial charge < -0.3 is 26.4 Å². The zero-order valence-electron chi connectivity index (χ0n) is 24.0. The summed E-state index contributed by atoms with van der Waals surface area (Å²) in [5.41, 5.74) is 9.72. The first kappa shape index (κ1) is 28.7. The third-order valence-electron chi connectivity index (χ3n) is 9.91. The van der Waals surface area contributed by atoms with Crippen LogP contribution in [0.3, 0.4) is 0 Å². The summed E-state index contributed by atoms with van der Waals surface area (Å²) >= 11 is 0. The van der Waals surface area contributed by atoms with Gasteiger partial charge in [-0.1, -0.05) is 37.1 Å². The zero-order valence-corrected chi connectivity index (χ0v) is 24.0. The van der Waals surface area contributed by atoms with Crippen molar-refractivity contribution in [1.82, 2.24) is 15.5 Å². The Hall–Kier alpha value is -1.81. The molecule has 8 heteroatoms. The first-order valence-electron chi connectivity index (χ1n) is 14.9. The van der Waals surface area contributed by atoms with Gasteiger partial charge in [0, 0.05) is 49.1 Å². The summed E-state index contributed by atoms with van der Waals surface area (Å²) in [5.74, 6) is 0.939. The number of benzene rings is 1. The number of likely N-dealkylation sites (tertiary alicyclic amines) is 1. The lowest BCUT2D eigenvalue weighted by molar-refractivity contribution is -0.125. The summed E-state index contributed by atoms with van der Waals surface area (Å²) in [4.78, 5) is 15.7. The van der Waals surface area contributed by atoms with Crippen LogP contribution in [0.2, 0.25) is 0 Å². The molecule has 7 N–H and O–H groups in total. The molecule has 7 atom stereocenters. The molecule has 7 unspecified atom stereocenters. The van der Waals surface area contributed by atoms with Crippen molar-refractivity contribution < 1.29 is 20.1 Å². The SMILES string of the molecule is CCCC1=C(NC(=O)CC(O)NC(C)C(N)O)CC2(c3cc(C)ccc3C)CC3CN(CC4CC4)C3C2(O)C1. The van der Waals surface area contributed by atoms with Crippen molar-refractivity contribution in [2.24, 2.45) is 17.6 Å². The van der Waals surface area contributed by atoms with Gasteiger partial charge >= 0.3 is 0 Å². The number of aryl methyl sites for hydroxylation is 2. The number of nitrogens with two attached hydrogens (primary N) is 1. The number of aliphatic hydroxyl groups is 3. The van der Waals surface area contributed by atoms with E-state index in [0.29, 0.717) is 18.8 Å². The van der Waals surface area contributed by atoms with Crippen LogP contribution in [0.4, 0.5) is 0 Å². The molecule has 1 aromatic carbocycles. The van der Waals surface area contributed by atoms with E-state index >= 15 is 0 Å². The predicted octanol–water partition coefficient (Wildman–Crippen LogP) is 2.31. The van der Waals surface area contributed by atoms with E-state index < -0.39 is 29.5 Å². The Bertz CT molecular complexity index is 1120. The molecule has 1 heterocycles. The molecule has 8 nitrogen and oxygen atoms in total. The summed E-state index contributed by atoms with van der Waals surface area (Å²) < 4.78 is 0. The number of amides is 1. The van der Waals surface area contributed by atoms with Crippen molar-refractivity contribution in [3.05, 3.63) is 46.2 Å². The highest BCUT2D eigenvalue weighted by Gasteiger charge is 2.70. The summed E-state index contributed by atoms with van der Waals surface area (Å²) in [5, 5.41) is 38.8. The van der Waals surface area contributed by atoms with Crippen molar-refractivity contribution in [3.63, 3.8) is 0 Å². The molecule has 0 spiro atoms. The standard InChI is InChI=1S/C31H48N4O4/c1-5-6-22-14-31(39)28-23(17-35(28)16-21-9-10-21)13-30(31,24-11-18(2)7-8-19(24)3)15-25(22)34-27(37)12-26(36)33-20(4)29(32)38/h7-8,11,20-21,23,26,28-29,33,36,38-39H,5-6,9-10,12-17,32H2,1-4H3,(H,34,37). The number of carbonyl (C=O) groups is 1. The van der Waals surface area contributed by atoms with Crippen molar-refractivity contribution >= 4 is 5.91 Å². The maximum absolute atomic E-state index is 13.2. The zero-order chi connectivity index (χ0) is 28.1. The van der Waals surface area contributed by atoms with E-state index in [2.05, 4.69) is 54.5 Å². The Morgan fingerprint density at radius 1 is 1.23 bits per heavy atom. The number of hydrogen-bond acceptors (Lipinski definition) is 7. The number of nitrogens with one attached hydrogen (secondary N) is 2. The van der Waals surface area contributed by atoms with Gasteiger partial charge in [-0.15, -0.1) is 0 Å². The highest BCUT2D eigenvalue weighted by Crippen LogP contribution is 2.64. The van der Waals surface area contributed by atoms with E-state index in [0.717, 1.165) is 49.5 Å². The fraction of sp³-hybridized carbons (Fsp3) is 0.710. The van der Waals surface area contributed by atoms with Gasteiger partial charge in [0.25, 0.3) is 0 Å². The van der Waals surface area contributed by atoms with Crippen LogP contribution in [-0.4, -0.2) is 69.4 Å². The van der Waals surface area contributed by atoms with Crippen molar-refractivity contribution in [1.29, 1.82) is 0 Å². The number of allylic oxidation sites excluding steroid dienone is 1. The Morgan fingerprint density at radius 3 is 2.64 bits per heavy atom. The third kappa shape index (κ3) is 5.32. The van der Waals surface area contributed by atoms with Crippen LogP contribution in [0.25, 0.3) is 0 Å². The van der Waals surface area contributed by atoms with Gasteiger partial charge in [0.1, 0.15) is 12.5 Å². The molecule has 2 saturated carbocycles. The van der Waals surface area contributed by atoms with E-state index in [1.54, 1.807) is 6.92 Å². The van der Waals surface area contributed by atoms with Crippen LogP contribution in [-0.2, 0) is 10.2 Å². The molecule has 3 aliphatic carbocycles. The molecule has 5 rings (SSSR count). The first-order valence-corrected chi connectivity index (χ1v) is 14.9. The van der Waals surface area contributed by atoms with Gasteiger partial charge in [-0.3, -0.25) is 15.0 Å². The second kappa shape index (κ2) is 10.9. The molecule has 1 saturated heterocycles. The van der Waals surface area contributed by atoms with Gasteiger partial charge in [-0.05, 0) is 75.0 Å². The van der Waals surface area contributed by atoms with E-state index in [1.165, 1.54) is 29.5 Å². The summed E-state index contributed by atoms with van der Waals surface area (Å²) in [6.45, 7) is 10.2. The van der Waals surface area contributed by atoms with Gasteiger partial charge in [-0.2, -0.15) is 0 Å². The minimum absolute atomic E-state index is 0.150. The topological polar surface area (TPSA) is 131 Å². The van der Waals surface area contributed by atoms with Crippen LogP contribution in [0.15, 0.2) is 29.5 Å². The van der Waals surface area contributed by atoms with Crippen LogP contribution < -0.4 is 16.4 Å². The maximum Gasteiger partial charge on any atom is 0.228 e. The molecule has 39 heavy (non-hydrogen) atoms. The highest BCUT2D eigenvalue weighted by atomic mass is 16.3. The Morgan fingerprint density at radius 2 is 1.97 bits per heavy atom. The first-order chi connectivity index (χ1) is 18.5.